The second-order valence-electron chi connectivity index (χ2n) is 4.56. The van der Waals surface area contributed by atoms with Crippen LogP contribution >= 0.6 is 0 Å². The first kappa shape index (κ1) is 14.5. The van der Waals surface area contributed by atoms with Crippen LogP contribution in [0.25, 0.3) is 0 Å². The molecule has 18 heavy (non-hydrogen) atoms. The van der Waals surface area contributed by atoms with Crippen LogP contribution in [-0.2, 0) is 0 Å². The summed E-state index contributed by atoms with van der Waals surface area (Å²) in [4.78, 5) is 13.9. The van der Waals surface area contributed by atoms with E-state index in [1.165, 1.54) is 0 Å². The summed E-state index contributed by atoms with van der Waals surface area (Å²) in [5.74, 6) is -0.0135. The molecule has 0 heterocycles. The number of aliphatic hydroxyl groups excluding tert-OH is 1. The van der Waals surface area contributed by atoms with Gasteiger partial charge in [0.15, 0.2) is 0 Å². The summed E-state index contributed by atoms with van der Waals surface area (Å²) < 4.78 is 0. The quantitative estimate of drug-likeness (QED) is 0.804. The Morgan fingerprint density at radius 3 is 2.50 bits per heavy atom. The van der Waals surface area contributed by atoms with Crippen molar-refractivity contribution in [2.75, 3.05) is 31.6 Å². The Bertz CT molecular complexity index is 376. The van der Waals surface area contributed by atoms with E-state index in [0.717, 1.165) is 12.2 Å². The molecule has 1 atom stereocenters. The lowest BCUT2D eigenvalue weighted by Gasteiger charge is -2.17. The third kappa shape index (κ3) is 4.04. The molecule has 0 saturated carbocycles. The van der Waals surface area contributed by atoms with Crippen LogP contribution in [0.1, 0.15) is 24.2 Å². The monoisotopic (exact) mass is 250 g/mol. The Labute approximate surface area is 109 Å². The molecular formula is C14H22N2O2. The first-order valence-corrected chi connectivity index (χ1v) is 6.28. The van der Waals surface area contributed by atoms with Crippen molar-refractivity contribution in [1.82, 2.24) is 5.32 Å². The van der Waals surface area contributed by atoms with Gasteiger partial charge in [0.2, 0.25) is 0 Å². The molecule has 0 aliphatic heterocycles. The van der Waals surface area contributed by atoms with E-state index in [-0.39, 0.29) is 18.4 Å². The van der Waals surface area contributed by atoms with Crippen LogP contribution in [0, 0.1) is 5.92 Å². The number of nitrogens with one attached hydrogen (secondary N) is 1. The molecule has 1 amide bonds. The minimum atomic E-state index is -0.0963. The summed E-state index contributed by atoms with van der Waals surface area (Å²) in [5, 5.41) is 11.7. The number of nitrogens with zero attached hydrogens (tertiary/aromatic N) is 1. The zero-order chi connectivity index (χ0) is 13.5. The molecule has 0 fully saturated rings. The maximum Gasteiger partial charge on any atom is 0.251 e. The lowest BCUT2D eigenvalue weighted by molar-refractivity contribution is 0.0942. The van der Waals surface area contributed by atoms with Gasteiger partial charge in [-0.2, -0.15) is 0 Å². The minimum Gasteiger partial charge on any atom is -0.396 e. The average Bonchev–Trinajstić information content (AvgIpc) is 2.43. The summed E-state index contributed by atoms with van der Waals surface area (Å²) >= 11 is 0. The van der Waals surface area contributed by atoms with Crippen molar-refractivity contribution in [2.45, 2.75) is 13.8 Å². The average molecular weight is 250 g/mol. The van der Waals surface area contributed by atoms with E-state index in [1.54, 1.807) is 0 Å². The van der Waals surface area contributed by atoms with Gasteiger partial charge in [0.1, 0.15) is 0 Å². The largest absolute Gasteiger partial charge is 0.396 e. The van der Waals surface area contributed by atoms with Gasteiger partial charge in [0.25, 0.3) is 5.91 Å². The Hall–Kier alpha value is -1.55. The lowest BCUT2D eigenvalue weighted by Crippen LogP contribution is -2.29. The first-order valence-electron chi connectivity index (χ1n) is 6.28. The van der Waals surface area contributed by atoms with Crippen molar-refractivity contribution in [3.8, 4) is 0 Å². The molecule has 1 rings (SSSR count). The second-order valence-corrected chi connectivity index (χ2v) is 4.56. The fourth-order valence-corrected chi connectivity index (χ4v) is 1.48. The van der Waals surface area contributed by atoms with Crippen molar-refractivity contribution in [3.05, 3.63) is 29.8 Å². The van der Waals surface area contributed by atoms with E-state index in [2.05, 4.69) is 17.1 Å². The predicted octanol–water partition coefficient (Wildman–Crippen LogP) is 1.50. The van der Waals surface area contributed by atoms with Gasteiger partial charge in [-0.3, -0.25) is 4.79 Å². The molecular weight excluding hydrogens is 228 g/mol. The van der Waals surface area contributed by atoms with Gasteiger partial charge in [-0.25, -0.2) is 0 Å². The van der Waals surface area contributed by atoms with Gasteiger partial charge in [-0.05, 0) is 37.1 Å². The lowest BCUT2D eigenvalue weighted by atomic mass is 10.1. The molecule has 4 nitrogen and oxygen atoms in total. The number of amides is 1. The molecule has 1 aromatic carbocycles. The number of carbonyl (C=O) groups excluding carboxylic acids is 1. The van der Waals surface area contributed by atoms with Gasteiger partial charge in [-0.1, -0.05) is 6.92 Å². The summed E-state index contributed by atoms with van der Waals surface area (Å²) in [7, 11) is 2.01. The molecule has 1 unspecified atom stereocenters. The molecule has 0 bridgehead atoms. The maximum absolute atomic E-state index is 11.8. The van der Waals surface area contributed by atoms with Crippen molar-refractivity contribution >= 4 is 11.6 Å². The van der Waals surface area contributed by atoms with Gasteiger partial charge in [0, 0.05) is 38.0 Å². The van der Waals surface area contributed by atoms with Crippen LogP contribution in [0.4, 0.5) is 5.69 Å². The number of hydrogen-bond acceptors (Lipinski definition) is 3. The number of aliphatic hydroxyl groups is 1. The molecule has 2 N–H and O–H groups in total. The van der Waals surface area contributed by atoms with Crippen LogP contribution in [-0.4, -0.2) is 37.8 Å². The normalized spacial score (nSPS) is 12.0. The minimum absolute atomic E-state index is 0.0828. The number of carbonyl (C=O) groups is 1. The summed E-state index contributed by atoms with van der Waals surface area (Å²) in [6, 6.07) is 7.52. The third-order valence-electron chi connectivity index (χ3n) is 2.97. The number of anilines is 1. The van der Waals surface area contributed by atoms with Gasteiger partial charge in [0.05, 0.1) is 0 Å². The molecule has 0 spiro atoms. The maximum atomic E-state index is 11.8. The SMILES string of the molecule is CCN(C)c1ccc(C(=O)NCC(C)CO)cc1. The van der Waals surface area contributed by atoms with Crippen LogP contribution in [0.2, 0.25) is 0 Å². The molecule has 0 radical (unpaired) electrons. The predicted molar refractivity (Wildman–Crippen MR) is 74.0 cm³/mol. The summed E-state index contributed by atoms with van der Waals surface area (Å²) in [6.45, 7) is 5.47. The number of benzene rings is 1. The van der Waals surface area contributed by atoms with E-state index in [1.807, 2.05) is 38.2 Å². The van der Waals surface area contributed by atoms with Crippen molar-refractivity contribution in [2.24, 2.45) is 5.92 Å². The van der Waals surface area contributed by atoms with Crippen LogP contribution in [0.5, 0.6) is 0 Å². The van der Waals surface area contributed by atoms with Crippen molar-refractivity contribution in [1.29, 1.82) is 0 Å². The fraction of sp³-hybridized carbons (Fsp3) is 0.500. The van der Waals surface area contributed by atoms with Crippen LogP contribution in [0.3, 0.4) is 0 Å². The molecule has 0 saturated heterocycles. The van der Waals surface area contributed by atoms with Gasteiger partial charge < -0.3 is 15.3 Å². The van der Waals surface area contributed by atoms with E-state index in [9.17, 15) is 4.79 Å². The van der Waals surface area contributed by atoms with E-state index < -0.39 is 0 Å². The zero-order valence-corrected chi connectivity index (χ0v) is 11.3. The molecule has 4 heteroatoms. The Balaban J connectivity index is 2.59. The first-order chi connectivity index (χ1) is 8.58. The topological polar surface area (TPSA) is 52.6 Å². The summed E-state index contributed by atoms with van der Waals surface area (Å²) in [6.07, 6.45) is 0. The number of hydrogen-bond donors (Lipinski definition) is 2. The Kier molecular flexibility index (Phi) is 5.65. The highest BCUT2D eigenvalue weighted by molar-refractivity contribution is 5.94. The highest BCUT2D eigenvalue weighted by Crippen LogP contribution is 2.13. The van der Waals surface area contributed by atoms with Crippen molar-refractivity contribution in [3.63, 3.8) is 0 Å². The smallest absolute Gasteiger partial charge is 0.251 e. The Morgan fingerprint density at radius 2 is 2.00 bits per heavy atom. The van der Waals surface area contributed by atoms with Crippen LogP contribution in [0.15, 0.2) is 24.3 Å². The molecule has 0 aromatic heterocycles. The highest BCUT2D eigenvalue weighted by Gasteiger charge is 2.07. The van der Waals surface area contributed by atoms with Crippen molar-refractivity contribution < 1.29 is 9.90 Å². The summed E-state index contributed by atoms with van der Waals surface area (Å²) in [5.41, 5.74) is 1.74. The fourth-order valence-electron chi connectivity index (χ4n) is 1.48. The standard InChI is InChI=1S/C14H22N2O2/c1-4-16(3)13-7-5-12(6-8-13)14(18)15-9-11(2)10-17/h5-8,11,17H,4,9-10H2,1-3H3,(H,15,18). The molecule has 100 valence electrons. The van der Waals surface area contributed by atoms with E-state index in [0.29, 0.717) is 12.1 Å². The van der Waals surface area contributed by atoms with E-state index in [4.69, 9.17) is 5.11 Å². The second kappa shape index (κ2) is 7.01. The molecule has 0 aliphatic carbocycles. The van der Waals surface area contributed by atoms with E-state index >= 15 is 0 Å². The van der Waals surface area contributed by atoms with Crippen LogP contribution < -0.4 is 10.2 Å². The van der Waals surface area contributed by atoms with Gasteiger partial charge in [-0.15, -0.1) is 0 Å². The Morgan fingerprint density at radius 1 is 1.39 bits per heavy atom. The highest BCUT2D eigenvalue weighted by atomic mass is 16.3. The number of rotatable bonds is 6. The zero-order valence-electron chi connectivity index (χ0n) is 11.3. The van der Waals surface area contributed by atoms with Gasteiger partial charge >= 0.3 is 0 Å². The third-order valence-corrected chi connectivity index (χ3v) is 2.97. The molecule has 0 aliphatic rings. The molecule has 1 aromatic rings.